The molecule has 0 saturated carbocycles. The molecule has 2 heterocycles. The molecule has 126 valence electrons. The van der Waals surface area contributed by atoms with Gasteiger partial charge in [-0.05, 0) is 25.1 Å². The minimum absolute atomic E-state index is 0.122. The minimum Gasteiger partial charge on any atom is -0.364 e. The fourth-order valence-corrected chi connectivity index (χ4v) is 2.74. The summed E-state index contributed by atoms with van der Waals surface area (Å²) in [6.45, 7) is 3.58. The number of nitrogens with zero attached hydrogens (tertiary/aromatic N) is 3. The highest BCUT2D eigenvalue weighted by Gasteiger charge is 2.26. The van der Waals surface area contributed by atoms with Crippen LogP contribution in [0.5, 0.6) is 0 Å². The van der Waals surface area contributed by atoms with Gasteiger partial charge in [-0.15, -0.1) is 0 Å². The maximum absolute atomic E-state index is 12.4. The van der Waals surface area contributed by atoms with Gasteiger partial charge in [-0.1, -0.05) is 22.8 Å². The van der Waals surface area contributed by atoms with Crippen LogP contribution >= 0.6 is 11.6 Å². The standard InChI is InChI=1S/C16H17ClN4O3/c1-11-14(10-24-19-11)15(22)20-5-7-21(8-6-20)16(23)18-13-4-2-3-12(17)9-13/h2-4,9-10H,5-8H2,1H3,(H,18,23). The smallest absolute Gasteiger partial charge is 0.321 e. The lowest BCUT2D eigenvalue weighted by Crippen LogP contribution is -2.51. The van der Waals surface area contributed by atoms with E-state index in [1.165, 1.54) is 6.26 Å². The first-order valence-corrected chi connectivity index (χ1v) is 7.94. The van der Waals surface area contributed by atoms with Crippen molar-refractivity contribution < 1.29 is 14.1 Å². The van der Waals surface area contributed by atoms with E-state index >= 15 is 0 Å². The summed E-state index contributed by atoms with van der Waals surface area (Å²) in [5.74, 6) is -0.122. The van der Waals surface area contributed by atoms with Gasteiger partial charge in [-0.25, -0.2) is 4.79 Å². The van der Waals surface area contributed by atoms with E-state index in [0.29, 0.717) is 48.1 Å². The zero-order valence-electron chi connectivity index (χ0n) is 13.2. The lowest BCUT2D eigenvalue weighted by Gasteiger charge is -2.34. The number of rotatable bonds is 2. The van der Waals surface area contributed by atoms with Gasteiger partial charge >= 0.3 is 6.03 Å². The number of carbonyl (C=O) groups excluding carboxylic acids is 2. The molecule has 0 atom stereocenters. The van der Waals surface area contributed by atoms with Crippen LogP contribution in [0.3, 0.4) is 0 Å². The van der Waals surface area contributed by atoms with Crippen molar-refractivity contribution in [2.24, 2.45) is 0 Å². The Morgan fingerprint density at radius 3 is 2.54 bits per heavy atom. The van der Waals surface area contributed by atoms with Gasteiger partial charge in [-0.2, -0.15) is 0 Å². The monoisotopic (exact) mass is 348 g/mol. The van der Waals surface area contributed by atoms with Gasteiger partial charge in [0, 0.05) is 36.9 Å². The Morgan fingerprint density at radius 1 is 1.21 bits per heavy atom. The average molecular weight is 349 g/mol. The molecule has 1 aliphatic heterocycles. The molecule has 1 aliphatic rings. The summed E-state index contributed by atoms with van der Waals surface area (Å²) in [5.41, 5.74) is 1.68. The van der Waals surface area contributed by atoms with Crippen LogP contribution in [0.4, 0.5) is 10.5 Å². The summed E-state index contributed by atoms with van der Waals surface area (Å²) in [6.07, 6.45) is 1.36. The highest BCUT2D eigenvalue weighted by atomic mass is 35.5. The average Bonchev–Trinajstić information content (AvgIpc) is 3.00. The molecule has 3 rings (SSSR count). The van der Waals surface area contributed by atoms with Gasteiger partial charge in [0.1, 0.15) is 11.8 Å². The molecule has 2 aromatic rings. The number of amides is 3. The minimum atomic E-state index is -0.203. The van der Waals surface area contributed by atoms with Crippen LogP contribution in [0.1, 0.15) is 16.1 Å². The third-order valence-electron chi connectivity index (χ3n) is 3.91. The maximum Gasteiger partial charge on any atom is 0.321 e. The first-order valence-electron chi connectivity index (χ1n) is 7.56. The van der Waals surface area contributed by atoms with E-state index < -0.39 is 0 Å². The van der Waals surface area contributed by atoms with Crippen molar-refractivity contribution in [3.63, 3.8) is 0 Å². The van der Waals surface area contributed by atoms with Crippen LogP contribution < -0.4 is 5.32 Å². The highest BCUT2D eigenvalue weighted by Crippen LogP contribution is 2.16. The largest absolute Gasteiger partial charge is 0.364 e. The van der Waals surface area contributed by atoms with Crippen molar-refractivity contribution in [1.82, 2.24) is 15.0 Å². The van der Waals surface area contributed by atoms with Gasteiger partial charge in [0.2, 0.25) is 0 Å². The van der Waals surface area contributed by atoms with E-state index in [2.05, 4.69) is 10.5 Å². The number of benzene rings is 1. The summed E-state index contributed by atoms with van der Waals surface area (Å²) < 4.78 is 4.81. The number of nitrogens with one attached hydrogen (secondary N) is 1. The van der Waals surface area contributed by atoms with Gasteiger partial charge in [-0.3, -0.25) is 4.79 Å². The number of carbonyl (C=O) groups is 2. The van der Waals surface area contributed by atoms with Crippen LogP contribution in [0, 0.1) is 6.92 Å². The molecule has 1 N–H and O–H groups in total. The van der Waals surface area contributed by atoms with Crippen molar-refractivity contribution in [3.8, 4) is 0 Å². The molecule has 1 aromatic heterocycles. The molecule has 1 saturated heterocycles. The number of urea groups is 1. The lowest BCUT2D eigenvalue weighted by atomic mass is 10.2. The quantitative estimate of drug-likeness (QED) is 0.904. The molecule has 3 amide bonds. The molecule has 1 fully saturated rings. The van der Waals surface area contributed by atoms with Crippen LogP contribution in [-0.2, 0) is 0 Å². The summed E-state index contributed by atoms with van der Waals surface area (Å²) >= 11 is 5.91. The van der Waals surface area contributed by atoms with E-state index in [4.69, 9.17) is 16.1 Å². The fourth-order valence-electron chi connectivity index (χ4n) is 2.55. The van der Waals surface area contributed by atoms with E-state index in [0.717, 1.165) is 0 Å². The Balaban J connectivity index is 1.56. The second kappa shape index (κ2) is 6.92. The second-order valence-electron chi connectivity index (χ2n) is 5.53. The molecule has 1 aromatic carbocycles. The first-order chi connectivity index (χ1) is 11.5. The predicted octanol–water partition coefficient (Wildman–Crippen LogP) is 2.63. The molecule has 0 bridgehead atoms. The van der Waals surface area contributed by atoms with Crippen molar-refractivity contribution in [3.05, 3.63) is 46.8 Å². The molecule has 0 aliphatic carbocycles. The van der Waals surface area contributed by atoms with Crippen molar-refractivity contribution in [2.45, 2.75) is 6.92 Å². The number of hydrogen-bond acceptors (Lipinski definition) is 4. The van der Waals surface area contributed by atoms with Crippen molar-refractivity contribution in [2.75, 3.05) is 31.5 Å². The van der Waals surface area contributed by atoms with E-state index in [9.17, 15) is 9.59 Å². The topological polar surface area (TPSA) is 78.7 Å². The Kier molecular flexibility index (Phi) is 4.71. The summed E-state index contributed by atoms with van der Waals surface area (Å²) in [5, 5.41) is 7.09. The highest BCUT2D eigenvalue weighted by molar-refractivity contribution is 6.30. The number of hydrogen-bond donors (Lipinski definition) is 1. The van der Waals surface area contributed by atoms with Gasteiger partial charge in [0.15, 0.2) is 0 Å². The van der Waals surface area contributed by atoms with Gasteiger partial charge < -0.3 is 19.6 Å². The molecule has 0 unspecified atom stereocenters. The number of anilines is 1. The Labute approximate surface area is 144 Å². The van der Waals surface area contributed by atoms with Crippen molar-refractivity contribution >= 4 is 29.2 Å². The van der Waals surface area contributed by atoms with E-state index in [-0.39, 0.29) is 11.9 Å². The second-order valence-corrected chi connectivity index (χ2v) is 5.97. The molecule has 24 heavy (non-hydrogen) atoms. The molecule has 7 nitrogen and oxygen atoms in total. The third kappa shape index (κ3) is 3.51. The van der Waals surface area contributed by atoms with Crippen LogP contribution in [0.15, 0.2) is 35.1 Å². The molecular formula is C16H17ClN4O3. The SMILES string of the molecule is Cc1nocc1C(=O)N1CCN(C(=O)Nc2cccc(Cl)c2)CC1. The number of aryl methyl sites for hydroxylation is 1. The Hall–Kier alpha value is -2.54. The van der Waals surface area contributed by atoms with Crippen molar-refractivity contribution in [1.29, 1.82) is 0 Å². The van der Waals surface area contributed by atoms with Crippen LogP contribution in [-0.4, -0.2) is 53.1 Å². The van der Waals surface area contributed by atoms with E-state index in [1.54, 1.807) is 41.0 Å². The predicted molar refractivity (Wildman–Crippen MR) is 89.2 cm³/mol. The zero-order chi connectivity index (χ0) is 17.1. The summed E-state index contributed by atoms with van der Waals surface area (Å²) in [7, 11) is 0. The molecule has 0 spiro atoms. The first kappa shape index (κ1) is 16.3. The Bertz CT molecular complexity index is 753. The lowest BCUT2D eigenvalue weighted by molar-refractivity contribution is 0.0670. The maximum atomic E-state index is 12.4. The number of halogens is 1. The van der Waals surface area contributed by atoms with Crippen LogP contribution in [0.2, 0.25) is 5.02 Å². The normalized spacial score (nSPS) is 14.6. The molecule has 0 radical (unpaired) electrons. The summed E-state index contributed by atoms with van der Waals surface area (Å²) in [4.78, 5) is 28.0. The zero-order valence-corrected chi connectivity index (χ0v) is 13.9. The Morgan fingerprint density at radius 2 is 1.92 bits per heavy atom. The molecular weight excluding hydrogens is 332 g/mol. The van der Waals surface area contributed by atoms with Crippen LogP contribution in [0.25, 0.3) is 0 Å². The third-order valence-corrected chi connectivity index (χ3v) is 4.15. The van der Waals surface area contributed by atoms with E-state index in [1.807, 2.05) is 0 Å². The number of aromatic nitrogens is 1. The summed E-state index contributed by atoms with van der Waals surface area (Å²) in [6, 6.07) is 6.78. The fraction of sp³-hybridized carbons (Fsp3) is 0.312. The number of piperazine rings is 1. The molecule has 8 heteroatoms. The van der Waals surface area contributed by atoms with Gasteiger partial charge in [0.05, 0.1) is 5.69 Å². The van der Waals surface area contributed by atoms with Gasteiger partial charge in [0.25, 0.3) is 5.91 Å².